The molecule has 0 amide bonds. The van der Waals surface area contributed by atoms with Crippen LogP contribution in [-0.4, -0.2) is 18.0 Å². The normalized spacial score (nSPS) is 12.4. The van der Waals surface area contributed by atoms with Gasteiger partial charge in [0.05, 0.1) is 23.3 Å². The van der Waals surface area contributed by atoms with Crippen LogP contribution >= 0.6 is 51.2 Å². The summed E-state index contributed by atoms with van der Waals surface area (Å²) in [7, 11) is 1.78. The Bertz CT molecular complexity index is 645. The lowest BCUT2D eigenvalue weighted by atomic mass is 10.1. The van der Waals surface area contributed by atoms with Crippen LogP contribution < -0.4 is 10.6 Å². The summed E-state index contributed by atoms with van der Waals surface area (Å²) in [4.78, 5) is 8.83. The van der Waals surface area contributed by atoms with Crippen LogP contribution in [0, 0.1) is 0 Å². The Morgan fingerprint density at radius 2 is 2.13 bits per heavy atom. The number of thiazole rings is 1. The van der Waals surface area contributed by atoms with Gasteiger partial charge in [-0.3, -0.25) is 4.99 Å². The van der Waals surface area contributed by atoms with Crippen molar-refractivity contribution in [3.05, 3.63) is 50.4 Å². The zero-order valence-electron chi connectivity index (χ0n) is 13.5. The number of benzene rings is 1. The molecule has 23 heavy (non-hydrogen) atoms. The number of nitrogens with one attached hydrogen (secondary N) is 2. The van der Waals surface area contributed by atoms with Gasteiger partial charge in [-0.1, -0.05) is 41.1 Å². The standard InChI is InChI=1S/C16H21BrN4S.HI/c1-4-15-21-12(10-22-15)9-19-16(18-3)20-11(2)13-7-5-6-8-14(13)17;/h5-8,10-11H,4,9H2,1-3H3,(H2,18,19,20);1H. The van der Waals surface area contributed by atoms with Crippen molar-refractivity contribution < 1.29 is 0 Å². The van der Waals surface area contributed by atoms with Crippen LogP contribution in [0.4, 0.5) is 0 Å². The van der Waals surface area contributed by atoms with Gasteiger partial charge >= 0.3 is 0 Å². The largest absolute Gasteiger partial charge is 0.351 e. The molecule has 1 unspecified atom stereocenters. The lowest BCUT2D eigenvalue weighted by Gasteiger charge is -2.19. The Balaban J connectivity index is 0.00000264. The zero-order valence-corrected chi connectivity index (χ0v) is 18.2. The van der Waals surface area contributed by atoms with Crippen molar-refractivity contribution in [1.82, 2.24) is 15.6 Å². The van der Waals surface area contributed by atoms with Crippen LogP contribution in [0.3, 0.4) is 0 Å². The van der Waals surface area contributed by atoms with Crippen molar-refractivity contribution in [2.75, 3.05) is 7.05 Å². The molecular formula is C16H22BrIN4S. The summed E-state index contributed by atoms with van der Waals surface area (Å²) in [5.74, 6) is 0.773. The second kappa shape index (κ2) is 10.2. The third kappa shape index (κ3) is 6.04. The summed E-state index contributed by atoms with van der Waals surface area (Å²) in [6.07, 6.45) is 0.983. The first-order valence-electron chi connectivity index (χ1n) is 7.29. The van der Waals surface area contributed by atoms with Crippen molar-refractivity contribution in [2.24, 2.45) is 4.99 Å². The highest BCUT2D eigenvalue weighted by atomic mass is 127. The van der Waals surface area contributed by atoms with Crippen molar-refractivity contribution >= 4 is 57.2 Å². The van der Waals surface area contributed by atoms with Crippen molar-refractivity contribution in [2.45, 2.75) is 32.9 Å². The SMILES string of the molecule is CCc1nc(CNC(=NC)NC(C)c2ccccc2Br)cs1.I. The zero-order chi connectivity index (χ0) is 15.9. The van der Waals surface area contributed by atoms with Gasteiger partial charge in [-0.25, -0.2) is 4.98 Å². The summed E-state index contributed by atoms with van der Waals surface area (Å²) >= 11 is 5.29. The molecule has 1 heterocycles. The third-order valence-corrected chi connectivity index (χ3v) is 5.05. The molecule has 126 valence electrons. The summed E-state index contributed by atoms with van der Waals surface area (Å²) in [5.41, 5.74) is 2.26. The molecule has 2 rings (SSSR count). The minimum Gasteiger partial charge on any atom is -0.351 e. The molecule has 1 aromatic carbocycles. The number of rotatable bonds is 5. The van der Waals surface area contributed by atoms with E-state index in [1.165, 1.54) is 10.6 Å². The lowest BCUT2D eigenvalue weighted by molar-refractivity contribution is 0.680. The maximum Gasteiger partial charge on any atom is 0.191 e. The van der Waals surface area contributed by atoms with Gasteiger partial charge in [-0.15, -0.1) is 35.3 Å². The van der Waals surface area contributed by atoms with E-state index in [1.54, 1.807) is 18.4 Å². The second-order valence-electron chi connectivity index (χ2n) is 4.90. The van der Waals surface area contributed by atoms with Crippen LogP contribution in [0.25, 0.3) is 0 Å². The molecule has 0 radical (unpaired) electrons. The highest BCUT2D eigenvalue weighted by molar-refractivity contribution is 14.0. The van der Waals surface area contributed by atoms with Crippen molar-refractivity contribution in [3.63, 3.8) is 0 Å². The first kappa shape index (κ1) is 20.4. The molecule has 0 spiro atoms. The van der Waals surface area contributed by atoms with Crippen LogP contribution in [-0.2, 0) is 13.0 Å². The molecule has 0 aliphatic rings. The molecular weight excluding hydrogens is 487 g/mol. The van der Waals surface area contributed by atoms with Gasteiger partial charge in [0.15, 0.2) is 5.96 Å². The summed E-state index contributed by atoms with van der Waals surface area (Å²) in [6, 6.07) is 8.36. The minimum absolute atomic E-state index is 0. The Hall–Kier alpha value is -0.670. The molecule has 0 aliphatic heterocycles. The van der Waals surface area contributed by atoms with Crippen LogP contribution in [0.15, 0.2) is 39.1 Å². The molecule has 0 bridgehead atoms. The molecule has 0 saturated carbocycles. The average Bonchev–Trinajstić information content (AvgIpc) is 2.99. The molecule has 2 aromatic rings. The molecule has 0 aliphatic carbocycles. The minimum atomic E-state index is 0. The Kier molecular flexibility index (Phi) is 9.08. The van der Waals surface area contributed by atoms with E-state index in [0.29, 0.717) is 6.54 Å². The van der Waals surface area contributed by atoms with Gasteiger partial charge < -0.3 is 10.6 Å². The average molecular weight is 509 g/mol. The van der Waals surface area contributed by atoms with E-state index in [-0.39, 0.29) is 30.0 Å². The van der Waals surface area contributed by atoms with Crippen molar-refractivity contribution in [1.29, 1.82) is 0 Å². The molecule has 0 saturated heterocycles. The van der Waals surface area contributed by atoms with E-state index in [4.69, 9.17) is 0 Å². The highest BCUT2D eigenvalue weighted by Crippen LogP contribution is 2.22. The van der Waals surface area contributed by atoms with Gasteiger partial charge in [-0.2, -0.15) is 0 Å². The van der Waals surface area contributed by atoms with E-state index in [1.807, 2.05) is 18.2 Å². The molecule has 1 aromatic heterocycles. The molecule has 0 fully saturated rings. The number of aliphatic imine (C=N–C) groups is 1. The highest BCUT2D eigenvalue weighted by Gasteiger charge is 2.10. The topological polar surface area (TPSA) is 49.3 Å². The van der Waals surface area contributed by atoms with E-state index in [0.717, 1.165) is 22.5 Å². The number of nitrogens with zero attached hydrogens (tertiary/aromatic N) is 2. The summed E-state index contributed by atoms with van der Waals surface area (Å²) in [5, 5.41) is 9.97. The molecule has 1 atom stereocenters. The Labute approximate surface area is 167 Å². The fraction of sp³-hybridized carbons (Fsp3) is 0.375. The van der Waals surface area contributed by atoms with Gasteiger partial charge in [0.1, 0.15) is 0 Å². The van der Waals surface area contributed by atoms with Gasteiger partial charge in [0.2, 0.25) is 0 Å². The van der Waals surface area contributed by atoms with E-state index in [9.17, 15) is 0 Å². The van der Waals surface area contributed by atoms with Crippen LogP contribution in [0.2, 0.25) is 0 Å². The van der Waals surface area contributed by atoms with Crippen LogP contribution in [0.5, 0.6) is 0 Å². The quantitative estimate of drug-likeness (QED) is 0.355. The number of hydrogen-bond donors (Lipinski definition) is 2. The number of guanidine groups is 1. The number of hydrogen-bond acceptors (Lipinski definition) is 3. The lowest BCUT2D eigenvalue weighted by Crippen LogP contribution is -2.38. The molecule has 2 N–H and O–H groups in total. The number of aromatic nitrogens is 1. The Morgan fingerprint density at radius 1 is 1.39 bits per heavy atom. The monoisotopic (exact) mass is 508 g/mol. The fourth-order valence-electron chi connectivity index (χ4n) is 2.07. The smallest absolute Gasteiger partial charge is 0.191 e. The van der Waals surface area contributed by atoms with Gasteiger partial charge in [0.25, 0.3) is 0 Å². The third-order valence-electron chi connectivity index (χ3n) is 3.29. The predicted octanol–water partition coefficient (Wildman–Crippen LogP) is 4.51. The fourth-order valence-corrected chi connectivity index (χ4v) is 3.44. The summed E-state index contributed by atoms with van der Waals surface area (Å²) in [6.45, 7) is 4.92. The number of aryl methyl sites for hydroxylation is 1. The maximum absolute atomic E-state index is 4.55. The predicted molar refractivity (Wildman–Crippen MR) is 113 cm³/mol. The Morgan fingerprint density at radius 3 is 2.74 bits per heavy atom. The van der Waals surface area contributed by atoms with Gasteiger partial charge in [0, 0.05) is 16.9 Å². The molecule has 4 nitrogen and oxygen atoms in total. The number of halogens is 2. The van der Waals surface area contributed by atoms with E-state index < -0.39 is 0 Å². The molecule has 7 heteroatoms. The maximum atomic E-state index is 4.55. The summed E-state index contributed by atoms with van der Waals surface area (Å²) < 4.78 is 1.09. The first-order valence-corrected chi connectivity index (χ1v) is 8.96. The first-order chi connectivity index (χ1) is 10.6. The van der Waals surface area contributed by atoms with Gasteiger partial charge in [-0.05, 0) is 25.0 Å². The van der Waals surface area contributed by atoms with Crippen LogP contribution in [0.1, 0.15) is 36.2 Å². The van der Waals surface area contributed by atoms with E-state index >= 15 is 0 Å². The van der Waals surface area contributed by atoms with Crippen molar-refractivity contribution in [3.8, 4) is 0 Å². The second-order valence-corrected chi connectivity index (χ2v) is 6.70. The van der Waals surface area contributed by atoms with E-state index in [2.05, 4.69) is 61.8 Å².